The molecule has 2 aromatic carbocycles. The second kappa shape index (κ2) is 10.7. The van der Waals surface area contributed by atoms with Crippen molar-refractivity contribution in [1.82, 2.24) is 14.3 Å². The van der Waals surface area contributed by atoms with Gasteiger partial charge in [-0.05, 0) is 54.4 Å². The molecule has 0 radical (unpaired) electrons. The number of nitrogens with one attached hydrogen (secondary N) is 1. The number of pyridine rings is 1. The van der Waals surface area contributed by atoms with Gasteiger partial charge in [-0.2, -0.15) is 5.26 Å². The Labute approximate surface area is 225 Å². The maximum absolute atomic E-state index is 13.7. The lowest BCUT2D eigenvalue weighted by Gasteiger charge is -2.20. The molecule has 11 heteroatoms. The van der Waals surface area contributed by atoms with Gasteiger partial charge in [0.1, 0.15) is 22.6 Å². The molecule has 2 heterocycles. The van der Waals surface area contributed by atoms with Crippen LogP contribution >= 0.6 is 23.2 Å². The minimum atomic E-state index is -4.10. The van der Waals surface area contributed by atoms with Crippen LogP contribution in [-0.2, 0) is 16.6 Å². The van der Waals surface area contributed by atoms with Crippen LogP contribution in [0.4, 0.5) is 10.2 Å². The zero-order chi connectivity index (χ0) is 26.9. The Hall–Kier alpha value is -3.16. The SMILES string of the molecule is CC[C@@H](Cn1cc(C#N)c2cc(F)ccc21)NS(=O)(=O)c1c(Cl)cc(-c2ccc(N(C)C)nc2)cc1Cl. The lowest BCUT2D eigenvalue weighted by molar-refractivity contribution is 0.491. The zero-order valence-electron chi connectivity index (χ0n) is 20.3. The van der Waals surface area contributed by atoms with E-state index in [-0.39, 0.29) is 21.5 Å². The smallest absolute Gasteiger partial charge is 0.243 e. The molecule has 0 aliphatic heterocycles. The minimum Gasteiger partial charge on any atom is -0.363 e. The van der Waals surface area contributed by atoms with Crippen LogP contribution in [0.25, 0.3) is 22.0 Å². The molecule has 0 spiro atoms. The van der Waals surface area contributed by atoms with Gasteiger partial charge in [0.2, 0.25) is 10.0 Å². The summed E-state index contributed by atoms with van der Waals surface area (Å²) < 4.78 is 44.9. The summed E-state index contributed by atoms with van der Waals surface area (Å²) in [6, 6.07) is 12.5. The van der Waals surface area contributed by atoms with Gasteiger partial charge in [0.05, 0.1) is 15.6 Å². The fourth-order valence-electron chi connectivity index (χ4n) is 4.08. The second-order valence-corrected chi connectivity index (χ2v) is 11.2. The van der Waals surface area contributed by atoms with Crippen LogP contribution in [0, 0.1) is 17.1 Å². The highest BCUT2D eigenvalue weighted by atomic mass is 35.5. The molecule has 0 unspecified atom stereocenters. The van der Waals surface area contributed by atoms with E-state index in [2.05, 4.69) is 15.8 Å². The Kier molecular flexibility index (Phi) is 7.76. The normalized spacial score (nSPS) is 12.5. The monoisotopic (exact) mass is 559 g/mol. The van der Waals surface area contributed by atoms with Crippen molar-refractivity contribution in [2.45, 2.75) is 30.8 Å². The number of nitriles is 1. The lowest BCUT2D eigenvalue weighted by Crippen LogP contribution is -2.37. The Morgan fingerprint density at radius 2 is 1.84 bits per heavy atom. The Morgan fingerprint density at radius 3 is 2.41 bits per heavy atom. The molecular formula is C26H24Cl2FN5O2S. The van der Waals surface area contributed by atoms with Crippen molar-refractivity contribution in [3.8, 4) is 17.2 Å². The maximum atomic E-state index is 13.7. The van der Waals surface area contributed by atoms with E-state index in [0.717, 1.165) is 11.4 Å². The van der Waals surface area contributed by atoms with Crippen molar-refractivity contribution < 1.29 is 12.8 Å². The first-order valence-corrected chi connectivity index (χ1v) is 13.6. The van der Waals surface area contributed by atoms with E-state index < -0.39 is 21.9 Å². The highest BCUT2D eigenvalue weighted by Crippen LogP contribution is 2.35. The van der Waals surface area contributed by atoms with E-state index in [9.17, 15) is 18.1 Å². The average molecular weight is 560 g/mol. The molecule has 0 saturated carbocycles. The minimum absolute atomic E-state index is 0.0183. The standard InChI is InChI=1S/C26H24Cl2FN5O2S/c1-4-20(15-34-14-18(12-30)21-11-19(29)6-7-24(21)34)32-37(35,36)26-22(27)9-17(10-23(26)28)16-5-8-25(31-13-16)33(2)3/h5-11,13-14,20,32H,4,15H2,1-3H3/t20-/m0/s1. The quantitative estimate of drug-likeness (QED) is 0.292. The molecule has 0 bridgehead atoms. The van der Waals surface area contributed by atoms with Crippen molar-refractivity contribution in [2.75, 3.05) is 19.0 Å². The van der Waals surface area contributed by atoms with Crippen LogP contribution in [0.5, 0.6) is 0 Å². The van der Waals surface area contributed by atoms with Crippen LogP contribution in [0.2, 0.25) is 10.0 Å². The van der Waals surface area contributed by atoms with Gasteiger partial charge in [-0.3, -0.25) is 0 Å². The van der Waals surface area contributed by atoms with Crippen molar-refractivity contribution in [3.63, 3.8) is 0 Å². The summed E-state index contributed by atoms with van der Waals surface area (Å²) >= 11 is 12.9. The van der Waals surface area contributed by atoms with Gasteiger partial charge in [-0.15, -0.1) is 0 Å². The Bertz CT molecular complexity index is 1590. The highest BCUT2D eigenvalue weighted by Gasteiger charge is 2.26. The molecule has 4 aromatic rings. The number of nitrogens with zero attached hydrogens (tertiary/aromatic N) is 4. The van der Waals surface area contributed by atoms with Gasteiger partial charge in [0.15, 0.2) is 0 Å². The lowest BCUT2D eigenvalue weighted by atomic mass is 10.1. The molecular weight excluding hydrogens is 536 g/mol. The van der Waals surface area contributed by atoms with Gasteiger partial charge < -0.3 is 9.47 Å². The number of benzene rings is 2. The number of rotatable bonds is 8. The molecule has 0 aliphatic carbocycles. The first-order chi connectivity index (χ1) is 17.5. The molecule has 0 aliphatic rings. The van der Waals surface area contributed by atoms with Crippen LogP contribution in [0.1, 0.15) is 18.9 Å². The molecule has 2 aromatic heterocycles. The first-order valence-electron chi connectivity index (χ1n) is 11.4. The summed E-state index contributed by atoms with van der Waals surface area (Å²) in [5.41, 5.74) is 2.31. The summed E-state index contributed by atoms with van der Waals surface area (Å²) in [7, 11) is -0.339. The topological polar surface area (TPSA) is 91.0 Å². The predicted octanol–water partition coefficient (Wildman–Crippen LogP) is 5.84. The summed E-state index contributed by atoms with van der Waals surface area (Å²) in [6.45, 7) is 2.05. The van der Waals surface area contributed by atoms with Gasteiger partial charge in [-0.25, -0.2) is 22.5 Å². The van der Waals surface area contributed by atoms with E-state index in [4.69, 9.17) is 23.2 Å². The molecule has 1 atom stereocenters. The summed E-state index contributed by atoms with van der Waals surface area (Å²) in [6.07, 6.45) is 3.70. The third-order valence-corrected chi connectivity index (χ3v) is 8.44. The largest absolute Gasteiger partial charge is 0.363 e. The first kappa shape index (κ1) is 26.9. The van der Waals surface area contributed by atoms with E-state index in [1.165, 1.54) is 12.1 Å². The van der Waals surface area contributed by atoms with Gasteiger partial charge in [-0.1, -0.05) is 30.1 Å². The molecule has 0 amide bonds. The van der Waals surface area contributed by atoms with Crippen LogP contribution in [0.15, 0.2) is 59.8 Å². The van der Waals surface area contributed by atoms with Crippen molar-refractivity contribution in [3.05, 3.63) is 76.3 Å². The van der Waals surface area contributed by atoms with Gasteiger partial charge in [0, 0.05) is 55.5 Å². The number of hydrogen-bond acceptors (Lipinski definition) is 5. The number of halogens is 3. The number of anilines is 1. The number of fused-ring (bicyclic) bond motifs is 1. The van der Waals surface area contributed by atoms with Gasteiger partial charge >= 0.3 is 0 Å². The number of aromatic nitrogens is 2. The molecule has 0 saturated heterocycles. The van der Waals surface area contributed by atoms with E-state index in [0.29, 0.717) is 28.5 Å². The van der Waals surface area contributed by atoms with E-state index in [1.807, 2.05) is 38.1 Å². The van der Waals surface area contributed by atoms with Crippen LogP contribution < -0.4 is 9.62 Å². The van der Waals surface area contributed by atoms with E-state index in [1.54, 1.807) is 35.2 Å². The van der Waals surface area contributed by atoms with Gasteiger partial charge in [0.25, 0.3) is 0 Å². The molecule has 0 fully saturated rings. The Balaban J connectivity index is 1.62. The molecule has 37 heavy (non-hydrogen) atoms. The summed E-state index contributed by atoms with van der Waals surface area (Å²) in [4.78, 5) is 6.03. The van der Waals surface area contributed by atoms with Crippen molar-refractivity contribution in [2.24, 2.45) is 0 Å². The fraction of sp³-hybridized carbons (Fsp3) is 0.231. The average Bonchev–Trinajstić information content (AvgIpc) is 3.19. The van der Waals surface area contributed by atoms with Crippen molar-refractivity contribution in [1.29, 1.82) is 5.26 Å². The second-order valence-electron chi connectivity index (χ2n) is 8.76. The van der Waals surface area contributed by atoms with Crippen LogP contribution in [0.3, 0.4) is 0 Å². The number of sulfonamides is 1. The summed E-state index contributed by atoms with van der Waals surface area (Å²) in [5, 5.41) is 9.87. The molecule has 7 nitrogen and oxygen atoms in total. The molecule has 4 rings (SSSR count). The maximum Gasteiger partial charge on any atom is 0.243 e. The van der Waals surface area contributed by atoms with Crippen molar-refractivity contribution >= 4 is 49.9 Å². The predicted molar refractivity (Wildman–Crippen MR) is 145 cm³/mol. The summed E-state index contributed by atoms with van der Waals surface area (Å²) in [5.74, 6) is 0.323. The molecule has 192 valence electrons. The van der Waals surface area contributed by atoms with Crippen LogP contribution in [-0.4, -0.2) is 38.1 Å². The van der Waals surface area contributed by atoms with E-state index >= 15 is 0 Å². The fourth-order valence-corrected chi connectivity index (χ4v) is 6.61. The third-order valence-electron chi connectivity index (χ3n) is 6.00. The molecule has 1 N–H and O–H groups in total. The third kappa shape index (κ3) is 5.58. The zero-order valence-corrected chi connectivity index (χ0v) is 22.7. The highest BCUT2D eigenvalue weighted by molar-refractivity contribution is 7.89. The Morgan fingerprint density at radius 1 is 1.14 bits per heavy atom. The number of hydrogen-bond donors (Lipinski definition) is 1.